The quantitative estimate of drug-likeness (QED) is 0.767. The van der Waals surface area contributed by atoms with Gasteiger partial charge < -0.3 is 20.3 Å². The zero-order valence-electron chi connectivity index (χ0n) is 15.0. The van der Waals surface area contributed by atoms with Gasteiger partial charge in [0.25, 0.3) is 0 Å². The lowest BCUT2D eigenvalue weighted by Gasteiger charge is -2.18. The standard InChI is InChI=1S/C19H27N5O/c1-15(25-13-12-24-10-3-4-11-24)16-6-5-7-17(14-16)22-19-21-9-8-18(20-2)23-19/h5-9,14-15H,3-4,10-13H2,1-2H3,(H2,20,21,22,23). The number of aromatic nitrogens is 2. The molecule has 1 aromatic carbocycles. The largest absolute Gasteiger partial charge is 0.373 e. The minimum absolute atomic E-state index is 0.0638. The highest BCUT2D eigenvalue weighted by atomic mass is 16.5. The zero-order valence-corrected chi connectivity index (χ0v) is 15.0. The van der Waals surface area contributed by atoms with Crippen molar-refractivity contribution in [3.63, 3.8) is 0 Å². The van der Waals surface area contributed by atoms with E-state index in [0.717, 1.165) is 30.2 Å². The average molecular weight is 341 g/mol. The van der Waals surface area contributed by atoms with Crippen LogP contribution >= 0.6 is 0 Å². The fourth-order valence-corrected chi connectivity index (χ4v) is 3.02. The molecule has 134 valence electrons. The van der Waals surface area contributed by atoms with Crippen molar-refractivity contribution in [2.45, 2.75) is 25.9 Å². The van der Waals surface area contributed by atoms with E-state index in [1.165, 1.54) is 25.9 Å². The summed E-state index contributed by atoms with van der Waals surface area (Å²) >= 11 is 0. The lowest BCUT2D eigenvalue weighted by Crippen LogP contribution is -2.24. The topological polar surface area (TPSA) is 62.3 Å². The van der Waals surface area contributed by atoms with Crippen molar-refractivity contribution in [1.29, 1.82) is 0 Å². The highest BCUT2D eigenvalue weighted by Gasteiger charge is 2.12. The van der Waals surface area contributed by atoms with E-state index < -0.39 is 0 Å². The van der Waals surface area contributed by atoms with Crippen LogP contribution in [0.5, 0.6) is 0 Å². The third-order valence-electron chi connectivity index (χ3n) is 4.50. The summed E-state index contributed by atoms with van der Waals surface area (Å²) < 4.78 is 6.02. The van der Waals surface area contributed by atoms with E-state index in [1.807, 2.05) is 25.2 Å². The first-order chi connectivity index (χ1) is 12.2. The molecule has 0 aliphatic carbocycles. The molecule has 0 radical (unpaired) electrons. The number of benzene rings is 1. The van der Waals surface area contributed by atoms with E-state index >= 15 is 0 Å². The van der Waals surface area contributed by atoms with Crippen molar-refractivity contribution >= 4 is 17.5 Å². The van der Waals surface area contributed by atoms with Crippen molar-refractivity contribution in [3.05, 3.63) is 42.1 Å². The van der Waals surface area contributed by atoms with E-state index in [4.69, 9.17) is 4.74 Å². The van der Waals surface area contributed by atoms with Gasteiger partial charge in [0, 0.05) is 25.5 Å². The van der Waals surface area contributed by atoms with Crippen LogP contribution < -0.4 is 10.6 Å². The molecule has 0 spiro atoms. The Morgan fingerprint density at radius 1 is 1.24 bits per heavy atom. The lowest BCUT2D eigenvalue weighted by atomic mass is 10.1. The van der Waals surface area contributed by atoms with Crippen molar-refractivity contribution in [2.75, 3.05) is 43.9 Å². The highest BCUT2D eigenvalue weighted by Crippen LogP contribution is 2.22. The molecule has 1 unspecified atom stereocenters. The van der Waals surface area contributed by atoms with Gasteiger partial charge in [-0.05, 0) is 56.6 Å². The van der Waals surface area contributed by atoms with Crippen LogP contribution in [0.25, 0.3) is 0 Å². The van der Waals surface area contributed by atoms with E-state index in [0.29, 0.717) is 5.95 Å². The van der Waals surface area contributed by atoms with Crippen LogP contribution in [0.4, 0.5) is 17.5 Å². The summed E-state index contributed by atoms with van der Waals surface area (Å²) in [5.41, 5.74) is 2.11. The monoisotopic (exact) mass is 341 g/mol. The van der Waals surface area contributed by atoms with Crippen molar-refractivity contribution in [3.8, 4) is 0 Å². The Kier molecular flexibility index (Phi) is 6.19. The molecule has 2 heterocycles. The van der Waals surface area contributed by atoms with Gasteiger partial charge in [-0.25, -0.2) is 4.98 Å². The molecule has 1 fully saturated rings. The SMILES string of the molecule is CNc1ccnc(Nc2cccc(C(C)OCCN3CCCC3)c2)n1. The molecule has 0 saturated carbocycles. The minimum Gasteiger partial charge on any atom is -0.373 e. The first kappa shape index (κ1) is 17.6. The Balaban J connectivity index is 1.56. The molecule has 2 aromatic rings. The van der Waals surface area contributed by atoms with Gasteiger partial charge in [0.15, 0.2) is 0 Å². The molecule has 6 heteroatoms. The van der Waals surface area contributed by atoms with Gasteiger partial charge in [-0.2, -0.15) is 4.98 Å². The Morgan fingerprint density at radius 3 is 2.88 bits per heavy atom. The molecule has 0 bridgehead atoms. The van der Waals surface area contributed by atoms with E-state index in [9.17, 15) is 0 Å². The molecule has 2 N–H and O–H groups in total. The van der Waals surface area contributed by atoms with Crippen LogP contribution in [0.1, 0.15) is 31.4 Å². The van der Waals surface area contributed by atoms with E-state index in [1.54, 1.807) is 6.20 Å². The Hall–Kier alpha value is -2.18. The first-order valence-corrected chi connectivity index (χ1v) is 8.96. The van der Waals surface area contributed by atoms with Gasteiger partial charge >= 0.3 is 0 Å². The third-order valence-corrected chi connectivity index (χ3v) is 4.50. The number of anilines is 3. The first-order valence-electron chi connectivity index (χ1n) is 8.96. The van der Waals surface area contributed by atoms with Crippen LogP contribution in [0.3, 0.4) is 0 Å². The molecule has 1 atom stereocenters. The number of nitrogens with zero attached hydrogens (tertiary/aromatic N) is 3. The highest BCUT2D eigenvalue weighted by molar-refractivity contribution is 5.55. The maximum Gasteiger partial charge on any atom is 0.229 e. The summed E-state index contributed by atoms with van der Waals surface area (Å²) in [6.45, 7) is 6.31. The number of likely N-dealkylation sites (tertiary alicyclic amines) is 1. The molecule has 1 aromatic heterocycles. The van der Waals surface area contributed by atoms with Crippen LogP contribution in [0, 0.1) is 0 Å². The second-order valence-electron chi connectivity index (χ2n) is 6.33. The van der Waals surface area contributed by atoms with Crippen LogP contribution in [0.15, 0.2) is 36.5 Å². The van der Waals surface area contributed by atoms with Crippen LogP contribution in [-0.4, -0.2) is 48.2 Å². The molecule has 0 amide bonds. The van der Waals surface area contributed by atoms with Crippen molar-refractivity contribution in [1.82, 2.24) is 14.9 Å². The Morgan fingerprint density at radius 2 is 2.08 bits per heavy atom. The predicted molar refractivity (Wildman–Crippen MR) is 101 cm³/mol. The molecule has 1 aliphatic rings. The normalized spacial score (nSPS) is 15.9. The van der Waals surface area contributed by atoms with Crippen molar-refractivity contribution in [2.24, 2.45) is 0 Å². The molecule has 6 nitrogen and oxygen atoms in total. The average Bonchev–Trinajstić information content (AvgIpc) is 3.15. The summed E-state index contributed by atoms with van der Waals surface area (Å²) in [4.78, 5) is 11.1. The van der Waals surface area contributed by atoms with Gasteiger partial charge in [-0.3, -0.25) is 0 Å². The van der Waals surface area contributed by atoms with Gasteiger partial charge in [0.1, 0.15) is 5.82 Å². The predicted octanol–water partition coefficient (Wildman–Crippen LogP) is 3.44. The fraction of sp³-hybridized carbons (Fsp3) is 0.474. The summed E-state index contributed by atoms with van der Waals surface area (Å²) in [5.74, 6) is 1.36. The Labute approximate surface area is 149 Å². The molecule has 3 rings (SSSR count). The molecule has 1 aliphatic heterocycles. The maximum absolute atomic E-state index is 6.02. The number of ether oxygens (including phenoxy) is 1. The van der Waals surface area contributed by atoms with Crippen molar-refractivity contribution < 1.29 is 4.74 Å². The number of hydrogen-bond donors (Lipinski definition) is 2. The van der Waals surface area contributed by atoms with E-state index in [-0.39, 0.29) is 6.10 Å². The maximum atomic E-state index is 6.02. The third kappa shape index (κ3) is 5.14. The molecule has 1 saturated heterocycles. The van der Waals surface area contributed by atoms with Gasteiger partial charge in [0.2, 0.25) is 5.95 Å². The van der Waals surface area contributed by atoms with Gasteiger partial charge in [-0.1, -0.05) is 12.1 Å². The summed E-state index contributed by atoms with van der Waals surface area (Å²) in [5, 5.41) is 6.26. The number of rotatable bonds is 8. The fourth-order valence-electron chi connectivity index (χ4n) is 3.02. The second-order valence-corrected chi connectivity index (χ2v) is 6.33. The van der Waals surface area contributed by atoms with E-state index in [2.05, 4.69) is 44.6 Å². The number of hydrogen-bond acceptors (Lipinski definition) is 6. The van der Waals surface area contributed by atoms with Crippen LogP contribution in [0.2, 0.25) is 0 Å². The smallest absolute Gasteiger partial charge is 0.229 e. The Bertz CT molecular complexity index is 672. The number of nitrogens with one attached hydrogen (secondary N) is 2. The second kappa shape index (κ2) is 8.78. The zero-order chi connectivity index (χ0) is 17.5. The summed E-state index contributed by atoms with van der Waals surface area (Å²) in [7, 11) is 1.84. The van der Waals surface area contributed by atoms with Gasteiger partial charge in [0.05, 0.1) is 12.7 Å². The molecular weight excluding hydrogens is 314 g/mol. The van der Waals surface area contributed by atoms with Gasteiger partial charge in [-0.15, -0.1) is 0 Å². The lowest BCUT2D eigenvalue weighted by molar-refractivity contribution is 0.0517. The van der Waals surface area contributed by atoms with Crippen LogP contribution in [-0.2, 0) is 4.74 Å². The minimum atomic E-state index is 0.0638. The molecule has 25 heavy (non-hydrogen) atoms. The summed E-state index contributed by atoms with van der Waals surface area (Å²) in [6.07, 6.45) is 4.43. The molecular formula is C19H27N5O. The summed E-state index contributed by atoms with van der Waals surface area (Å²) in [6, 6.07) is 10.1.